The molecule has 2 saturated heterocycles. The zero-order chi connectivity index (χ0) is 13.9. The molecule has 0 spiro atoms. The van der Waals surface area contributed by atoms with Gasteiger partial charge in [-0.25, -0.2) is 4.39 Å². The number of halogens is 1. The lowest BCUT2D eigenvalue weighted by atomic mass is 10.1. The molecular formula is C14H20FN3O2. The smallest absolute Gasteiger partial charge is 0.240 e. The van der Waals surface area contributed by atoms with Crippen molar-refractivity contribution in [1.29, 1.82) is 0 Å². The Balaban J connectivity index is 1.67. The number of likely N-dealkylation sites (tertiary alicyclic amines) is 1. The van der Waals surface area contributed by atoms with E-state index in [0.717, 1.165) is 5.56 Å². The molecule has 6 heteroatoms. The lowest BCUT2D eigenvalue weighted by Gasteiger charge is -2.32. The third kappa shape index (κ3) is 2.86. The Morgan fingerprint density at radius 1 is 1.45 bits per heavy atom. The highest BCUT2D eigenvalue weighted by atomic mass is 19.1. The molecule has 1 N–H and O–H groups in total. The first kappa shape index (κ1) is 13.6. The Morgan fingerprint density at radius 2 is 2.25 bits per heavy atom. The molecule has 110 valence electrons. The number of alkyl halides is 1. The van der Waals surface area contributed by atoms with Crippen LogP contribution >= 0.6 is 0 Å². The number of nitrogens with zero attached hydrogens (tertiary/aromatic N) is 2. The van der Waals surface area contributed by atoms with Gasteiger partial charge in [-0.2, -0.15) is 0 Å². The topological polar surface area (TPSA) is 48.6 Å². The van der Waals surface area contributed by atoms with E-state index in [9.17, 15) is 9.18 Å². The Hall–Kier alpha value is -1.40. The average Bonchev–Trinajstić information content (AvgIpc) is 3.09. The van der Waals surface area contributed by atoms with Crippen molar-refractivity contribution in [3.63, 3.8) is 0 Å². The fourth-order valence-electron chi connectivity index (χ4n) is 2.97. The molecule has 5 nitrogen and oxygen atoms in total. The molecule has 2 aliphatic rings. The average molecular weight is 281 g/mol. The van der Waals surface area contributed by atoms with E-state index in [1.54, 1.807) is 4.90 Å². The van der Waals surface area contributed by atoms with Gasteiger partial charge in [0.15, 0.2) is 0 Å². The summed E-state index contributed by atoms with van der Waals surface area (Å²) >= 11 is 0. The van der Waals surface area contributed by atoms with Crippen molar-refractivity contribution in [3.05, 3.63) is 24.0 Å². The van der Waals surface area contributed by atoms with E-state index in [4.69, 9.17) is 4.74 Å². The second kappa shape index (κ2) is 5.93. The van der Waals surface area contributed by atoms with Crippen LogP contribution in [-0.4, -0.2) is 65.8 Å². The third-order valence-electron chi connectivity index (χ3n) is 4.01. The molecule has 2 atom stereocenters. The largest absolute Gasteiger partial charge is 0.378 e. The van der Waals surface area contributed by atoms with Gasteiger partial charge in [0, 0.05) is 45.0 Å². The molecule has 0 aliphatic carbocycles. The lowest BCUT2D eigenvalue weighted by molar-refractivity contribution is -0.140. The molecule has 2 fully saturated rings. The quantitative estimate of drug-likeness (QED) is 0.891. The van der Waals surface area contributed by atoms with Gasteiger partial charge in [-0.3, -0.25) is 9.69 Å². The minimum atomic E-state index is -0.913. The molecule has 0 aromatic carbocycles. The number of hydrogen-bond donors (Lipinski definition) is 1. The second-order valence-corrected chi connectivity index (χ2v) is 5.44. The van der Waals surface area contributed by atoms with E-state index >= 15 is 0 Å². The highest BCUT2D eigenvalue weighted by molar-refractivity contribution is 5.82. The van der Waals surface area contributed by atoms with E-state index in [2.05, 4.69) is 4.98 Å². The van der Waals surface area contributed by atoms with Crippen LogP contribution in [-0.2, 0) is 16.1 Å². The summed E-state index contributed by atoms with van der Waals surface area (Å²) in [6.07, 6.45) is 3.13. The van der Waals surface area contributed by atoms with Gasteiger partial charge >= 0.3 is 0 Å². The molecule has 0 bridgehead atoms. The van der Waals surface area contributed by atoms with Gasteiger partial charge < -0.3 is 14.6 Å². The van der Waals surface area contributed by atoms with Crippen LogP contribution in [0.5, 0.6) is 0 Å². The highest BCUT2D eigenvalue weighted by Crippen LogP contribution is 2.24. The van der Waals surface area contributed by atoms with Crippen LogP contribution in [0.15, 0.2) is 18.5 Å². The maximum atomic E-state index is 13.7. The Kier molecular flexibility index (Phi) is 4.03. The first-order chi connectivity index (χ1) is 9.74. The van der Waals surface area contributed by atoms with Crippen molar-refractivity contribution >= 4 is 5.91 Å². The number of morpholine rings is 1. The van der Waals surface area contributed by atoms with Gasteiger partial charge in [-0.15, -0.1) is 0 Å². The van der Waals surface area contributed by atoms with Gasteiger partial charge in [-0.1, -0.05) is 0 Å². The molecule has 2 aliphatic heterocycles. The number of aromatic nitrogens is 1. The first-order valence-corrected chi connectivity index (χ1v) is 7.10. The van der Waals surface area contributed by atoms with E-state index in [0.29, 0.717) is 45.8 Å². The number of carbonyl (C=O) groups excluding carboxylic acids is 1. The molecule has 0 unspecified atom stereocenters. The number of amides is 1. The van der Waals surface area contributed by atoms with E-state index in [1.807, 2.05) is 23.4 Å². The first-order valence-electron chi connectivity index (χ1n) is 7.10. The van der Waals surface area contributed by atoms with Crippen molar-refractivity contribution in [2.24, 2.45) is 0 Å². The molecule has 1 aromatic rings. The maximum Gasteiger partial charge on any atom is 0.240 e. The Labute approximate surface area is 117 Å². The van der Waals surface area contributed by atoms with E-state index < -0.39 is 6.17 Å². The van der Waals surface area contributed by atoms with Crippen molar-refractivity contribution in [2.75, 3.05) is 32.8 Å². The normalized spacial score (nSPS) is 27.9. The predicted molar refractivity (Wildman–Crippen MR) is 71.9 cm³/mol. The van der Waals surface area contributed by atoms with E-state index in [-0.39, 0.29) is 11.9 Å². The molecule has 0 radical (unpaired) electrons. The van der Waals surface area contributed by atoms with E-state index in [1.165, 1.54) is 0 Å². The third-order valence-corrected chi connectivity index (χ3v) is 4.01. The van der Waals surface area contributed by atoms with Crippen molar-refractivity contribution in [3.8, 4) is 0 Å². The summed E-state index contributed by atoms with van der Waals surface area (Å²) in [7, 11) is 0. The zero-order valence-electron chi connectivity index (χ0n) is 11.4. The number of ether oxygens (including phenoxy) is 1. The summed E-state index contributed by atoms with van der Waals surface area (Å²) < 4.78 is 19.0. The number of H-pyrrole nitrogens is 1. The molecule has 1 amide bonds. The number of aromatic amines is 1. The molecule has 1 aromatic heterocycles. The molecular weight excluding hydrogens is 261 g/mol. The predicted octanol–water partition coefficient (Wildman–Crippen LogP) is 0.786. The van der Waals surface area contributed by atoms with Gasteiger partial charge in [0.1, 0.15) is 6.17 Å². The van der Waals surface area contributed by atoms with Crippen LogP contribution in [0.3, 0.4) is 0 Å². The summed E-state index contributed by atoms with van der Waals surface area (Å²) in [5, 5.41) is 0. The monoisotopic (exact) mass is 281 g/mol. The van der Waals surface area contributed by atoms with Crippen LogP contribution in [0.2, 0.25) is 0 Å². The van der Waals surface area contributed by atoms with Crippen LogP contribution < -0.4 is 0 Å². The van der Waals surface area contributed by atoms with Crippen molar-refractivity contribution < 1.29 is 13.9 Å². The van der Waals surface area contributed by atoms with Crippen LogP contribution in [0.4, 0.5) is 4.39 Å². The molecule has 0 saturated carbocycles. The summed E-state index contributed by atoms with van der Waals surface area (Å²) in [5.41, 5.74) is 1.08. The maximum absolute atomic E-state index is 13.7. The van der Waals surface area contributed by atoms with Gasteiger partial charge in [0.25, 0.3) is 0 Å². The van der Waals surface area contributed by atoms with Gasteiger partial charge in [0.2, 0.25) is 5.91 Å². The molecule has 3 rings (SSSR count). The minimum absolute atomic E-state index is 0.0454. The minimum Gasteiger partial charge on any atom is -0.378 e. The Bertz CT molecular complexity index is 445. The zero-order valence-corrected chi connectivity index (χ0v) is 11.4. The van der Waals surface area contributed by atoms with Crippen LogP contribution in [0, 0.1) is 0 Å². The number of hydrogen-bond acceptors (Lipinski definition) is 3. The molecule has 20 heavy (non-hydrogen) atoms. The van der Waals surface area contributed by atoms with Crippen molar-refractivity contribution in [1.82, 2.24) is 14.8 Å². The number of carbonyl (C=O) groups is 1. The SMILES string of the molecule is O=C([C@@H]1C[C@@H](F)CN1Cc1cc[nH]c1)N1CCOCC1. The van der Waals surface area contributed by atoms with Crippen LogP contribution in [0.1, 0.15) is 12.0 Å². The summed E-state index contributed by atoms with van der Waals surface area (Å²) in [4.78, 5) is 19.3. The van der Waals surface area contributed by atoms with Crippen LogP contribution in [0.25, 0.3) is 0 Å². The lowest BCUT2D eigenvalue weighted by Crippen LogP contribution is -2.49. The second-order valence-electron chi connectivity index (χ2n) is 5.44. The highest BCUT2D eigenvalue weighted by Gasteiger charge is 2.39. The summed E-state index contributed by atoms with van der Waals surface area (Å²) in [5.74, 6) is 0.0454. The number of nitrogens with one attached hydrogen (secondary N) is 1. The molecule has 3 heterocycles. The standard InChI is InChI=1S/C14H20FN3O2/c15-12-7-13(14(19)17-3-5-20-6-4-17)18(10-12)9-11-1-2-16-8-11/h1-2,8,12-13,16H,3-7,9-10H2/t12-,13+/m1/s1. The van der Waals surface area contributed by atoms with Crippen molar-refractivity contribution in [2.45, 2.75) is 25.2 Å². The fourth-order valence-corrected chi connectivity index (χ4v) is 2.97. The Morgan fingerprint density at radius 3 is 2.95 bits per heavy atom. The summed E-state index contributed by atoms with van der Waals surface area (Å²) in [6, 6.07) is 1.62. The fraction of sp³-hybridized carbons (Fsp3) is 0.643. The summed E-state index contributed by atoms with van der Waals surface area (Å²) in [6.45, 7) is 3.34. The van der Waals surface area contributed by atoms with Gasteiger partial charge in [-0.05, 0) is 11.6 Å². The number of rotatable bonds is 3. The van der Waals surface area contributed by atoms with Gasteiger partial charge in [0.05, 0.1) is 19.3 Å².